The molecule has 1 aromatic carbocycles. The summed E-state index contributed by atoms with van der Waals surface area (Å²) in [5.74, 6) is -0.758. The molecule has 2 heterocycles. The van der Waals surface area contributed by atoms with Crippen LogP contribution in [0.4, 0.5) is 4.39 Å². The predicted molar refractivity (Wildman–Crippen MR) is 81.2 cm³/mol. The number of aliphatic imine (C=N–C) groups is 1. The van der Waals surface area contributed by atoms with E-state index in [9.17, 15) is 14.3 Å². The Hall–Kier alpha value is -1.40. The lowest BCUT2D eigenvalue weighted by Crippen LogP contribution is -2.45. The fourth-order valence-corrected chi connectivity index (χ4v) is 4.16. The van der Waals surface area contributed by atoms with Crippen molar-refractivity contribution in [2.24, 2.45) is 4.99 Å². The van der Waals surface area contributed by atoms with Crippen LogP contribution in [0, 0.1) is 5.82 Å². The number of hydrogen-bond acceptors (Lipinski definition) is 4. The Kier molecular flexibility index (Phi) is 3.75. The molecule has 1 saturated heterocycles. The largest absolute Gasteiger partial charge is 0.393 e. The van der Waals surface area contributed by atoms with Gasteiger partial charge < -0.3 is 10.0 Å². The van der Waals surface area contributed by atoms with Gasteiger partial charge in [-0.3, -0.25) is 9.79 Å². The summed E-state index contributed by atoms with van der Waals surface area (Å²) < 4.78 is 13.7. The molecule has 6 heteroatoms. The van der Waals surface area contributed by atoms with Crippen LogP contribution in [0.25, 0.3) is 0 Å². The van der Waals surface area contributed by atoms with Gasteiger partial charge in [0.2, 0.25) is 0 Å². The van der Waals surface area contributed by atoms with E-state index in [1.165, 1.54) is 12.1 Å². The highest BCUT2D eigenvalue weighted by atomic mass is 32.2. The average molecular weight is 308 g/mol. The first kappa shape index (κ1) is 14.5. The fourth-order valence-electron chi connectivity index (χ4n) is 2.74. The summed E-state index contributed by atoms with van der Waals surface area (Å²) >= 11 is 1.58. The minimum atomic E-state index is -0.503. The summed E-state index contributed by atoms with van der Waals surface area (Å²) in [6.45, 7) is 2.95. The summed E-state index contributed by atoms with van der Waals surface area (Å²) in [4.78, 5) is 18.2. The molecule has 4 nitrogen and oxygen atoms in total. The van der Waals surface area contributed by atoms with Crippen molar-refractivity contribution in [1.82, 2.24) is 4.90 Å². The van der Waals surface area contributed by atoms with Gasteiger partial charge >= 0.3 is 0 Å². The highest BCUT2D eigenvalue weighted by Crippen LogP contribution is 2.40. The highest BCUT2D eigenvalue weighted by Gasteiger charge is 2.41. The number of aliphatic hydroxyl groups is 1. The van der Waals surface area contributed by atoms with Crippen LogP contribution in [0.1, 0.15) is 23.7 Å². The number of carbonyl (C=O) groups is 1. The van der Waals surface area contributed by atoms with Crippen LogP contribution in [0.3, 0.4) is 0 Å². The fraction of sp³-hybridized carbons (Fsp3) is 0.467. The van der Waals surface area contributed by atoms with Crippen molar-refractivity contribution >= 4 is 23.4 Å². The number of rotatable bonds is 2. The molecule has 2 atom stereocenters. The molecule has 2 aliphatic heterocycles. The Bertz CT molecular complexity index is 607. The summed E-state index contributed by atoms with van der Waals surface area (Å²) in [6.07, 6.45) is 0.688. The molecule has 0 aliphatic carbocycles. The van der Waals surface area contributed by atoms with Crippen LogP contribution in [0.2, 0.25) is 0 Å². The molecule has 0 aromatic heterocycles. The Morgan fingerprint density at radius 1 is 1.57 bits per heavy atom. The lowest BCUT2D eigenvalue weighted by atomic mass is 10.1. The molecule has 21 heavy (non-hydrogen) atoms. The average Bonchev–Trinajstić information content (AvgIpc) is 2.83. The van der Waals surface area contributed by atoms with Crippen molar-refractivity contribution in [3.63, 3.8) is 0 Å². The zero-order valence-electron chi connectivity index (χ0n) is 11.8. The van der Waals surface area contributed by atoms with E-state index in [1.54, 1.807) is 28.8 Å². The van der Waals surface area contributed by atoms with Gasteiger partial charge in [-0.2, -0.15) is 0 Å². The van der Waals surface area contributed by atoms with Crippen molar-refractivity contribution in [3.05, 3.63) is 35.6 Å². The van der Waals surface area contributed by atoms with E-state index < -0.39 is 10.7 Å². The Labute approximate surface area is 127 Å². The van der Waals surface area contributed by atoms with E-state index in [0.29, 0.717) is 19.5 Å². The minimum absolute atomic E-state index is 0.0150. The zero-order valence-corrected chi connectivity index (χ0v) is 12.6. The molecule has 2 unspecified atom stereocenters. The summed E-state index contributed by atoms with van der Waals surface area (Å²) in [6, 6.07) is 6.06. The number of halogens is 1. The number of aliphatic hydroxyl groups excluding tert-OH is 1. The van der Waals surface area contributed by atoms with Gasteiger partial charge in [-0.1, -0.05) is 12.1 Å². The molecule has 0 spiro atoms. The lowest BCUT2D eigenvalue weighted by Gasteiger charge is -2.31. The third-order valence-electron chi connectivity index (χ3n) is 3.86. The van der Waals surface area contributed by atoms with E-state index in [1.807, 2.05) is 6.92 Å². The van der Waals surface area contributed by atoms with Crippen molar-refractivity contribution in [1.29, 1.82) is 0 Å². The van der Waals surface area contributed by atoms with Gasteiger partial charge in [-0.05, 0) is 19.1 Å². The highest BCUT2D eigenvalue weighted by molar-refractivity contribution is 8.02. The maximum atomic E-state index is 13.7. The van der Waals surface area contributed by atoms with E-state index >= 15 is 0 Å². The van der Waals surface area contributed by atoms with Gasteiger partial charge in [-0.25, -0.2) is 4.39 Å². The monoisotopic (exact) mass is 308 g/mol. The number of fused-ring (bicyclic) bond motifs is 1. The Balaban J connectivity index is 1.75. The first-order valence-corrected chi connectivity index (χ1v) is 7.81. The van der Waals surface area contributed by atoms with Crippen LogP contribution in [-0.4, -0.2) is 51.4 Å². The SMILES string of the molecule is CC1(CO)N=C2CCN(C(=O)c3ccccc3F)CC2S1. The quantitative estimate of drug-likeness (QED) is 0.908. The number of hydrogen-bond donors (Lipinski definition) is 1. The van der Waals surface area contributed by atoms with Gasteiger partial charge in [0.15, 0.2) is 0 Å². The molecule has 1 aromatic rings. The molecule has 1 N–H and O–H groups in total. The lowest BCUT2D eigenvalue weighted by molar-refractivity contribution is 0.0753. The van der Waals surface area contributed by atoms with Gasteiger partial charge in [0.25, 0.3) is 5.91 Å². The standard InChI is InChI=1S/C15H17FN2O2S/c1-15(9-19)17-12-6-7-18(8-13(12)21-15)14(20)10-4-2-3-5-11(10)16/h2-5,13,19H,6-9H2,1H3. The first-order chi connectivity index (χ1) is 10.0. The Morgan fingerprint density at radius 2 is 2.33 bits per heavy atom. The van der Waals surface area contributed by atoms with E-state index in [-0.39, 0.29) is 23.3 Å². The molecular formula is C15H17FN2O2S. The number of likely N-dealkylation sites (tertiary alicyclic amines) is 1. The van der Waals surface area contributed by atoms with Crippen molar-refractivity contribution in [2.75, 3.05) is 19.7 Å². The Morgan fingerprint density at radius 3 is 3.05 bits per heavy atom. The van der Waals surface area contributed by atoms with Crippen LogP contribution in [0.15, 0.2) is 29.3 Å². The van der Waals surface area contributed by atoms with E-state index in [4.69, 9.17) is 0 Å². The molecule has 1 amide bonds. The zero-order chi connectivity index (χ0) is 15.0. The number of thioether (sulfide) groups is 1. The van der Waals surface area contributed by atoms with Crippen LogP contribution in [-0.2, 0) is 0 Å². The van der Waals surface area contributed by atoms with E-state index in [2.05, 4.69) is 4.99 Å². The van der Waals surface area contributed by atoms with Crippen molar-refractivity contribution < 1.29 is 14.3 Å². The molecule has 1 fully saturated rings. The molecule has 0 saturated carbocycles. The third-order valence-corrected chi connectivity index (χ3v) is 5.29. The van der Waals surface area contributed by atoms with Gasteiger partial charge in [0.1, 0.15) is 10.7 Å². The second-order valence-electron chi connectivity index (χ2n) is 5.52. The van der Waals surface area contributed by atoms with Gasteiger partial charge in [0.05, 0.1) is 17.4 Å². The summed E-state index contributed by atoms with van der Waals surface area (Å²) in [5.41, 5.74) is 1.17. The maximum absolute atomic E-state index is 13.7. The predicted octanol–water partition coefficient (Wildman–Crippen LogP) is 1.94. The molecule has 112 valence electrons. The van der Waals surface area contributed by atoms with E-state index in [0.717, 1.165) is 5.71 Å². The molecular weight excluding hydrogens is 291 g/mol. The molecule has 3 rings (SSSR count). The number of carbonyl (C=O) groups excluding carboxylic acids is 1. The van der Waals surface area contributed by atoms with Crippen LogP contribution < -0.4 is 0 Å². The molecule has 2 aliphatic rings. The van der Waals surface area contributed by atoms with Crippen LogP contribution in [0.5, 0.6) is 0 Å². The second-order valence-corrected chi connectivity index (χ2v) is 7.21. The number of amides is 1. The smallest absolute Gasteiger partial charge is 0.256 e. The normalized spacial score (nSPS) is 28.2. The topological polar surface area (TPSA) is 52.9 Å². The third kappa shape index (κ3) is 2.70. The van der Waals surface area contributed by atoms with Crippen molar-refractivity contribution in [3.8, 4) is 0 Å². The summed E-state index contributed by atoms with van der Waals surface area (Å²) in [7, 11) is 0. The minimum Gasteiger partial charge on any atom is -0.393 e. The second kappa shape index (κ2) is 5.42. The maximum Gasteiger partial charge on any atom is 0.256 e. The van der Waals surface area contributed by atoms with Gasteiger partial charge in [-0.15, -0.1) is 11.8 Å². The molecule has 0 radical (unpaired) electrons. The number of nitrogens with zero attached hydrogens (tertiary/aromatic N) is 2. The number of benzene rings is 1. The summed E-state index contributed by atoms with van der Waals surface area (Å²) in [5, 5.41) is 9.51. The van der Waals surface area contributed by atoms with Crippen molar-refractivity contribution in [2.45, 2.75) is 23.5 Å². The molecule has 0 bridgehead atoms. The van der Waals surface area contributed by atoms with Gasteiger partial charge in [0, 0.05) is 25.2 Å². The number of piperidine rings is 1. The van der Waals surface area contributed by atoms with Crippen LogP contribution >= 0.6 is 11.8 Å². The first-order valence-electron chi connectivity index (χ1n) is 6.93.